The van der Waals surface area contributed by atoms with E-state index in [-0.39, 0.29) is 22.9 Å². The average molecular weight is 411 g/mol. The monoisotopic (exact) mass is 411 g/mol. The highest BCUT2D eigenvalue weighted by atomic mass is 19.1. The van der Waals surface area contributed by atoms with Crippen LogP contribution in [0.25, 0.3) is 22.2 Å². The summed E-state index contributed by atoms with van der Waals surface area (Å²) >= 11 is 0. The van der Waals surface area contributed by atoms with Crippen molar-refractivity contribution >= 4 is 22.5 Å². The summed E-state index contributed by atoms with van der Waals surface area (Å²) in [6.45, 7) is 2.42. The number of carbonyl (C=O) groups excluding carboxylic acids is 1. The number of likely N-dealkylation sites (N-methyl/N-ethyl adjacent to an activating group) is 1. The highest BCUT2D eigenvalue weighted by Crippen LogP contribution is 2.30. The molecule has 156 valence electrons. The first-order valence-corrected chi connectivity index (χ1v) is 9.88. The maximum Gasteiger partial charge on any atom is 0.244 e. The number of H-pyrrole nitrogens is 1. The molecule has 1 fully saturated rings. The second-order valence-electron chi connectivity index (χ2n) is 7.90. The number of hydrogen-bond donors (Lipinski definition) is 1. The molecule has 0 aliphatic carbocycles. The van der Waals surface area contributed by atoms with Crippen LogP contribution in [0.3, 0.4) is 0 Å². The fourth-order valence-electron chi connectivity index (χ4n) is 4.17. The van der Waals surface area contributed by atoms with Gasteiger partial charge < -0.3 is 14.8 Å². The first-order valence-electron chi connectivity index (χ1n) is 9.88. The summed E-state index contributed by atoms with van der Waals surface area (Å²) < 4.78 is 27.8. The van der Waals surface area contributed by atoms with Crippen LogP contribution >= 0.6 is 0 Å². The van der Waals surface area contributed by atoms with Gasteiger partial charge in [0.2, 0.25) is 5.91 Å². The zero-order valence-corrected chi connectivity index (χ0v) is 17.1. The molecule has 5 nitrogen and oxygen atoms in total. The van der Waals surface area contributed by atoms with Crippen LogP contribution in [-0.4, -0.2) is 42.5 Å². The van der Waals surface area contributed by atoms with Crippen LogP contribution in [0.1, 0.15) is 18.4 Å². The minimum Gasteiger partial charge on any atom is -0.360 e. The molecule has 3 aromatic rings. The lowest BCUT2D eigenvalue weighted by molar-refractivity contribution is -0.129. The number of fused-ring (bicyclic) bond motifs is 1. The molecule has 0 radical (unpaired) electrons. The molecule has 7 heteroatoms. The molecule has 2 heterocycles. The Hall–Kier alpha value is -3.22. The van der Waals surface area contributed by atoms with E-state index < -0.39 is 17.1 Å². The van der Waals surface area contributed by atoms with Gasteiger partial charge in [0.1, 0.15) is 17.7 Å². The predicted molar refractivity (Wildman–Crippen MR) is 114 cm³/mol. The third-order valence-corrected chi connectivity index (χ3v) is 5.72. The quantitative estimate of drug-likeness (QED) is 0.713. The maximum absolute atomic E-state index is 14.1. The Bertz CT molecular complexity index is 1190. The van der Waals surface area contributed by atoms with E-state index >= 15 is 0 Å². The summed E-state index contributed by atoms with van der Waals surface area (Å²) in [4.78, 5) is 31.9. The molecule has 1 aliphatic rings. The van der Waals surface area contributed by atoms with Gasteiger partial charge in [0.05, 0.1) is 16.6 Å². The molecule has 4 rings (SSSR count). The number of nitrogens with one attached hydrogen (secondary N) is 1. The van der Waals surface area contributed by atoms with Crippen LogP contribution in [0.15, 0.2) is 41.2 Å². The summed E-state index contributed by atoms with van der Waals surface area (Å²) in [7, 11) is 3.51. The first-order chi connectivity index (χ1) is 14.3. The van der Waals surface area contributed by atoms with E-state index in [1.165, 1.54) is 0 Å². The van der Waals surface area contributed by atoms with Crippen molar-refractivity contribution in [2.75, 3.05) is 25.5 Å². The summed E-state index contributed by atoms with van der Waals surface area (Å²) in [5.41, 5.74) is 2.20. The smallest absolute Gasteiger partial charge is 0.244 e. The Morgan fingerprint density at radius 3 is 2.53 bits per heavy atom. The number of aromatic nitrogens is 1. The fraction of sp³-hybridized carbons (Fsp3) is 0.304. The number of benzene rings is 2. The number of pyridine rings is 1. The highest BCUT2D eigenvalue weighted by molar-refractivity contribution is 5.86. The molecule has 1 amide bonds. The van der Waals surface area contributed by atoms with Crippen LogP contribution in [0, 0.1) is 18.6 Å². The molecule has 1 atom stereocenters. The molecule has 0 unspecified atom stereocenters. The maximum atomic E-state index is 14.1. The van der Waals surface area contributed by atoms with E-state index in [0.717, 1.165) is 36.7 Å². The molecule has 1 N–H and O–H groups in total. The third kappa shape index (κ3) is 3.34. The number of halogens is 2. The van der Waals surface area contributed by atoms with Gasteiger partial charge in [-0.25, -0.2) is 8.78 Å². The summed E-state index contributed by atoms with van der Waals surface area (Å²) in [6, 6.07) is 9.18. The summed E-state index contributed by atoms with van der Waals surface area (Å²) in [5.74, 6) is -1.54. The van der Waals surface area contributed by atoms with Crippen LogP contribution < -0.4 is 10.3 Å². The third-order valence-electron chi connectivity index (χ3n) is 5.72. The number of hydrogen-bond acceptors (Lipinski definition) is 3. The van der Waals surface area contributed by atoms with Crippen LogP contribution in [0.4, 0.5) is 14.5 Å². The number of aromatic amines is 1. The van der Waals surface area contributed by atoms with Gasteiger partial charge in [0.25, 0.3) is 0 Å². The molecule has 1 aliphatic heterocycles. The minimum absolute atomic E-state index is 0.0790. The average Bonchev–Trinajstić information content (AvgIpc) is 3.19. The lowest BCUT2D eigenvalue weighted by Gasteiger charge is -2.28. The Kier molecular flexibility index (Phi) is 5.05. The Morgan fingerprint density at radius 2 is 1.87 bits per heavy atom. The number of nitrogens with zero attached hydrogens (tertiary/aromatic N) is 2. The predicted octanol–water partition coefficient (Wildman–Crippen LogP) is 3.84. The zero-order valence-electron chi connectivity index (χ0n) is 17.1. The van der Waals surface area contributed by atoms with E-state index in [0.29, 0.717) is 17.3 Å². The highest BCUT2D eigenvalue weighted by Gasteiger charge is 2.31. The van der Waals surface area contributed by atoms with Crippen molar-refractivity contribution in [3.05, 3.63) is 63.8 Å². The van der Waals surface area contributed by atoms with Gasteiger partial charge in [-0.1, -0.05) is 12.1 Å². The van der Waals surface area contributed by atoms with Crippen molar-refractivity contribution in [1.82, 2.24) is 9.88 Å². The van der Waals surface area contributed by atoms with Crippen molar-refractivity contribution in [3.63, 3.8) is 0 Å². The Labute approximate surface area is 172 Å². The molecule has 1 saturated heterocycles. The number of carbonyl (C=O) groups is 1. The van der Waals surface area contributed by atoms with Crippen LogP contribution in [0.2, 0.25) is 0 Å². The summed E-state index contributed by atoms with van der Waals surface area (Å²) in [5, 5.41) is -0.142. The summed E-state index contributed by atoms with van der Waals surface area (Å²) in [6.07, 6.45) is 1.76. The van der Waals surface area contributed by atoms with E-state index in [2.05, 4.69) is 9.88 Å². The largest absolute Gasteiger partial charge is 0.360 e. The molecular weight excluding hydrogens is 388 g/mol. The SMILES string of the molecule is Cc1c(-c2ccc(N3CCC[C@@H]3C(=O)N(C)C)cc2)[nH]c2cc(F)cc(F)c2c1=O. The number of amides is 1. The Morgan fingerprint density at radius 1 is 1.17 bits per heavy atom. The lowest BCUT2D eigenvalue weighted by atomic mass is 10.0. The van der Waals surface area contributed by atoms with Gasteiger partial charge in [0.15, 0.2) is 5.43 Å². The molecular formula is C23H23F2N3O2. The topological polar surface area (TPSA) is 56.4 Å². The normalized spacial score (nSPS) is 16.3. The molecule has 0 spiro atoms. The van der Waals surface area contributed by atoms with E-state index in [4.69, 9.17) is 0 Å². The van der Waals surface area contributed by atoms with Crippen molar-refractivity contribution in [3.8, 4) is 11.3 Å². The van der Waals surface area contributed by atoms with Crippen LogP contribution in [0.5, 0.6) is 0 Å². The van der Waals surface area contributed by atoms with Gasteiger partial charge in [0, 0.05) is 38.0 Å². The van der Waals surface area contributed by atoms with Gasteiger partial charge in [-0.15, -0.1) is 0 Å². The molecule has 30 heavy (non-hydrogen) atoms. The van der Waals surface area contributed by atoms with E-state index in [1.54, 1.807) is 25.9 Å². The van der Waals surface area contributed by atoms with Crippen LogP contribution in [-0.2, 0) is 4.79 Å². The van der Waals surface area contributed by atoms with Crippen molar-refractivity contribution < 1.29 is 13.6 Å². The number of rotatable bonds is 3. The molecule has 2 aromatic carbocycles. The van der Waals surface area contributed by atoms with Crippen molar-refractivity contribution in [2.24, 2.45) is 0 Å². The van der Waals surface area contributed by atoms with Crippen molar-refractivity contribution in [2.45, 2.75) is 25.8 Å². The van der Waals surface area contributed by atoms with E-state index in [1.807, 2.05) is 24.3 Å². The van der Waals surface area contributed by atoms with Gasteiger partial charge >= 0.3 is 0 Å². The molecule has 0 saturated carbocycles. The molecule has 0 bridgehead atoms. The van der Waals surface area contributed by atoms with Crippen molar-refractivity contribution in [1.29, 1.82) is 0 Å². The van der Waals surface area contributed by atoms with Gasteiger partial charge in [-0.05, 0) is 43.5 Å². The van der Waals surface area contributed by atoms with E-state index in [9.17, 15) is 18.4 Å². The van der Waals surface area contributed by atoms with Gasteiger partial charge in [-0.2, -0.15) is 0 Å². The number of anilines is 1. The second kappa shape index (κ2) is 7.55. The second-order valence-corrected chi connectivity index (χ2v) is 7.90. The fourth-order valence-corrected chi connectivity index (χ4v) is 4.17. The van der Waals surface area contributed by atoms with Gasteiger partial charge in [-0.3, -0.25) is 9.59 Å². The standard InChI is InChI=1S/C23H23F2N3O2/c1-13-21(26-18-12-15(24)11-17(25)20(18)22(13)29)14-6-8-16(9-7-14)28-10-4-5-19(28)23(30)27(2)3/h6-9,11-12,19H,4-5,10H2,1-3H3,(H,26,29)/t19-/m1/s1. The zero-order chi connectivity index (χ0) is 21.6. The minimum atomic E-state index is -0.873. The Balaban J connectivity index is 1.73. The molecule has 1 aromatic heterocycles. The first kappa shape index (κ1) is 20.1. The lowest BCUT2D eigenvalue weighted by Crippen LogP contribution is -2.42.